The Bertz CT molecular complexity index is 859. The summed E-state index contributed by atoms with van der Waals surface area (Å²) in [6, 6.07) is 9.81. The summed E-state index contributed by atoms with van der Waals surface area (Å²) in [5, 5.41) is 3.06. The average Bonchev–Trinajstić information content (AvgIpc) is 3.00. The molecule has 0 spiro atoms. The van der Waals surface area contributed by atoms with Crippen molar-refractivity contribution in [3.05, 3.63) is 46.1 Å². The van der Waals surface area contributed by atoms with Crippen molar-refractivity contribution in [3.8, 4) is 11.1 Å². The number of hydrogen-bond acceptors (Lipinski definition) is 6. The fraction of sp³-hybridized carbons (Fsp3) is 0.250. The predicted molar refractivity (Wildman–Crippen MR) is 96.7 cm³/mol. The Hall–Kier alpha value is -1.83. The summed E-state index contributed by atoms with van der Waals surface area (Å²) in [6.45, 7) is 3.23. The molecule has 0 fully saturated rings. The van der Waals surface area contributed by atoms with E-state index in [0.29, 0.717) is 29.5 Å². The zero-order chi connectivity index (χ0) is 16.2. The molecule has 5 nitrogen and oxygen atoms in total. The Balaban J connectivity index is 2.00. The van der Waals surface area contributed by atoms with Gasteiger partial charge in [0.05, 0.1) is 12.0 Å². The van der Waals surface area contributed by atoms with Gasteiger partial charge in [-0.25, -0.2) is 9.66 Å². The van der Waals surface area contributed by atoms with Gasteiger partial charge in [-0.05, 0) is 12.5 Å². The van der Waals surface area contributed by atoms with Crippen molar-refractivity contribution in [2.45, 2.75) is 12.1 Å². The highest BCUT2D eigenvalue weighted by Gasteiger charge is 2.15. The number of fused-ring (bicyclic) bond motifs is 1. The van der Waals surface area contributed by atoms with Crippen LogP contribution in [0.3, 0.4) is 0 Å². The molecule has 0 atom stereocenters. The Kier molecular flexibility index (Phi) is 5.00. The van der Waals surface area contributed by atoms with Crippen molar-refractivity contribution in [3.63, 3.8) is 0 Å². The molecule has 0 saturated heterocycles. The maximum atomic E-state index is 12.7. The Morgan fingerprint density at radius 1 is 1.35 bits per heavy atom. The summed E-state index contributed by atoms with van der Waals surface area (Å²) in [7, 11) is 0. The summed E-state index contributed by atoms with van der Waals surface area (Å²) in [4.78, 5) is 17.9. The lowest BCUT2D eigenvalue weighted by Crippen LogP contribution is -2.29. The molecule has 0 bridgehead atoms. The van der Waals surface area contributed by atoms with Gasteiger partial charge < -0.3 is 10.6 Å². The lowest BCUT2D eigenvalue weighted by Gasteiger charge is -2.07. The molecule has 2 N–H and O–H groups in total. The molecule has 2 aromatic heterocycles. The van der Waals surface area contributed by atoms with Crippen LogP contribution in [0, 0.1) is 0 Å². The van der Waals surface area contributed by atoms with E-state index >= 15 is 0 Å². The van der Waals surface area contributed by atoms with E-state index in [0.717, 1.165) is 20.6 Å². The lowest BCUT2D eigenvalue weighted by molar-refractivity contribution is 0.164. The molecule has 0 aliphatic heterocycles. The van der Waals surface area contributed by atoms with Gasteiger partial charge in [-0.15, -0.1) is 11.3 Å². The first-order valence-corrected chi connectivity index (χ1v) is 9.14. The second kappa shape index (κ2) is 7.16. The third-order valence-electron chi connectivity index (χ3n) is 3.36. The Morgan fingerprint density at radius 3 is 2.87 bits per heavy atom. The maximum absolute atomic E-state index is 12.7. The molecule has 0 amide bonds. The number of hydrogen-bond donors (Lipinski definition) is 1. The number of benzene rings is 1. The number of nitrogens with zero attached hydrogens (tertiary/aromatic N) is 2. The molecular weight excluding hydrogens is 330 g/mol. The van der Waals surface area contributed by atoms with E-state index in [2.05, 4.69) is 4.98 Å². The van der Waals surface area contributed by atoms with Gasteiger partial charge in [-0.3, -0.25) is 4.79 Å². The molecule has 3 rings (SSSR count). The van der Waals surface area contributed by atoms with E-state index in [9.17, 15) is 4.79 Å². The van der Waals surface area contributed by atoms with Crippen molar-refractivity contribution in [1.82, 2.24) is 9.66 Å². The number of nitrogens with two attached hydrogens (primary N) is 1. The van der Waals surface area contributed by atoms with Gasteiger partial charge in [-0.1, -0.05) is 42.1 Å². The molecule has 0 aliphatic carbocycles. The van der Waals surface area contributed by atoms with Gasteiger partial charge in [0, 0.05) is 23.3 Å². The molecule has 23 heavy (non-hydrogen) atoms. The van der Waals surface area contributed by atoms with E-state index < -0.39 is 0 Å². The monoisotopic (exact) mass is 347 g/mol. The van der Waals surface area contributed by atoms with Crippen molar-refractivity contribution in [1.29, 1.82) is 0 Å². The van der Waals surface area contributed by atoms with Crippen LogP contribution in [-0.4, -0.2) is 28.6 Å². The minimum Gasteiger partial charge on any atom is -0.381 e. The first kappa shape index (κ1) is 16.0. The van der Waals surface area contributed by atoms with Crippen LogP contribution in [0.5, 0.6) is 0 Å². The van der Waals surface area contributed by atoms with Gasteiger partial charge in [0.25, 0.3) is 5.56 Å². The first-order valence-electron chi connectivity index (χ1n) is 7.27. The lowest BCUT2D eigenvalue weighted by atomic mass is 10.1. The molecule has 3 aromatic rings. The molecular formula is C16H17N3O2S2. The number of thioether (sulfide) groups is 1. The molecule has 120 valence electrons. The van der Waals surface area contributed by atoms with E-state index in [-0.39, 0.29) is 5.56 Å². The average molecular weight is 347 g/mol. The normalized spacial score (nSPS) is 11.2. The number of thiophene rings is 1. The molecule has 0 aliphatic rings. The highest BCUT2D eigenvalue weighted by molar-refractivity contribution is 7.99. The highest BCUT2D eigenvalue weighted by Crippen LogP contribution is 2.31. The van der Waals surface area contributed by atoms with Gasteiger partial charge >= 0.3 is 0 Å². The van der Waals surface area contributed by atoms with Crippen LogP contribution in [0.4, 0.5) is 0 Å². The van der Waals surface area contributed by atoms with Crippen LogP contribution < -0.4 is 11.4 Å². The summed E-state index contributed by atoms with van der Waals surface area (Å²) >= 11 is 2.89. The SMILES string of the molecule is CCOCCSc1nc2scc(-c3ccccc3)c2c(=O)n1N. The maximum Gasteiger partial charge on any atom is 0.282 e. The van der Waals surface area contributed by atoms with Crippen LogP contribution in [0.25, 0.3) is 21.3 Å². The fourth-order valence-electron chi connectivity index (χ4n) is 2.25. The Morgan fingerprint density at radius 2 is 2.13 bits per heavy atom. The minimum atomic E-state index is -0.214. The fourth-order valence-corrected chi connectivity index (χ4v) is 4.01. The first-order chi connectivity index (χ1) is 11.2. The van der Waals surface area contributed by atoms with Crippen LogP contribution >= 0.6 is 23.1 Å². The topological polar surface area (TPSA) is 70.1 Å². The van der Waals surface area contributed by atoms with Gasteiger partial charge in [0.2, 0.25) is 0 Å². The van der Waals surface area contributed by atoms with E-state index in [1.54, 1.807) is 0 Å². The highest BCUT2D eigenvalue weighted by atomic mass is 32.2. The van der Waals surface area contributed by atoms with Crippen molar-refractivity contribution in [2.24, 2.45) is 0 Å². The molecule has 0 unspecified atom stereocenters. The molecule has 7 heteroatoms. The van der Waals surface area contributed by atoms with Gasteiger partial charge in [-0.2, -0.15) is 0 Å². The van der Waals surface area contributed by atoms with Crippen LogP contribution in [0.1, 0.15) is 6.92 Å². The van der Waals surface area contributed by atoms with Gasteiger partial charge in [0.15, 0.2) is 5.16 Å². The third kappa shape index (κ3) is 3.26. The molecule has 0 radical (unpaired) electrons. The molecule has 2 heterocycles. The zero-order valence-electron chi connectivity index (χ0n) is 12.7. The minimum absolute atomic E-state index is 0.214. The number of nitrogen functional groups attached to an aromatic ring is 1. The van der Waals surface area contributed by atoms with Crippen molar-refractivity contribution < 1.29 is 4.74 Å². The summed E-state index contributed by atoms with van der Waals surface area (Å²) in [6.07, 6.45) is 0. The van der Waals surface area contributed by atoms with Crippen molar-refractivity contribution in [2.75, 3.05) is 24.8 Å². The summed E-state index contributed by atoms with van der Waals surface area (Å²) in [5.41, 5.74) is 1.66. The van der Waals surface area contributed by atoms with E-state index in [4.69, 9.17) is 10.6 Å². The standard InChI is InChI=1S/C16H17N3O2S2/c1-2-21-8-9-22-16-18-14-13(15(20)19(16)17)12(10-23-14)11-6-4-3-5-7-11/h3-7,10H,2,8-9,17H2,1H3. The van der Waals surface area contributed by atoms with Crippen LogP contribution in [-0.2, 0) is 4.74 Å². The van der Waals surface area contributed by atoms with Crippen molar-refractivity contribution >= 4 is 33.3 Å². The van der Waals surface area contributed by atoms with Crippen LogP contribution in [0.2, 0.25) is 0 Å². The zero-order valence-corrected chi connectivity index (χ0v) is 14.3. The number of aromatic nitrogens is 2. The Labute approximate surface area is 142 Å². The van der Waals surface area contributed by atoms with E-state index in [1.807, 2.05) is 42.6 Å². The van der Waals surface area contributed by atoms with Gasteiger partial charge in [0.1, 0.15) is 4.83 Å². The molecule has 0 saturated carbocycles. The number of ether oxygens (including phenoxy) is 1. The summed E-state index contributed by atoms with van der Waals surface area (Å²) < 4.78 is 6.44. The predicted octanol–water partition coefficient (Wildman–Crippen LogP) is 2.97. The smallest absolute Gasteiger partial charge is 0.282 e. The van der Waals surface area contributed by atoms with Crippen LogP contribution in [0.15, 0.2) is 45.7 Å². The second-order valence-corrected chi connectivity index (χ2v) is 6.73. The number of rotatable bonds is 6. The summed E-state index contributed by atoms with van der Waals surface area (Å²) in [5.74, 6) is 6.66. The third-order valence-corrected chi connectivity index (χ3v) is 5.14. The molecule has 1 aromatic carbocycles. The second-order valence-electron chi connectivity index (χ2n) is 4.81. The van der Waals surface area contributed by atoms with E-state index in [1.165, 1.54) is 23.1 Å². The largest absolute Gasteiger partial charge is 0.381 e. The quantitative estimate of drug-likeness (QED) is 0.321.